The monoisotopic (exact) mass is 374 g/mol. The number of rotatable bonds is 4. The molecule has 0 spiro atoms. The van der Waals surface area contributed by atoms with Gasteiger partial charge in [0.05, 0.1) is 27.7 Å². The Kier molecular flexibility index (Phi) is 5.33. The Morgan fingerprint density at radius 1 is 1.25 bits per heavy atom. The average molecular weight is 376 g/mol. The van der Waals surface area contributed by atoms with Gasteiger partial charge in [0.1, 0.15) is 5.75 Å². The fourth-order valence-electron chi connectivity index (χ4n) is 1.95. The molecule has 0 fully saturated rings. The number of halogens is 3. The van der Waals surface area contributed by atoms with Gasteiger partial charge in [-0.25, -0.2) is 0 Å². The Labute approximate surface area is 136 Å². The van der Waals surface area contributed by atoms with Gasteiger partial charge in [-0.05, 0) is 39.7 Å². The van der Waals surface area contributed by atoms with Crippen LogP contribution < -0.4 is 4.74 Å². The van der Waals surface area contributed by atoms with Crippen LogP contribution in [0.2, 0.25) is 10.0 Å². The smallest absolute Gasteiger partial charge is 0.133 e. The predicted molar refractivity (Wildman–Crippen MR) is 85.8 cm³/mol. The maximum absolute atomic E-state index is 10.3. The summed E-state index contributed by atoms with van der Waals surface area (Å²) in [5.74, 6) is 0.754. The quantitative estimate of drug-likeness (QED) is 0.810. The van der Waals surface area contributed by atoms with Crippen LogP contribution in [0.3, 0.4) is 0 Å². The molecule has 2 rings (SSSR count). The first-order chi connectivity index (χ1) is 9.52. The van der Waals surface area contributed by atoms with E-state index in [1.54, 1.807) is 25.3 Å². The first-order valence-electron chi connectivity index (χ1n) is 5.97. The van der Waals surface area contributed by atoms with Crippen LogP contribution in [0.4, 0.5) is 0 Å². The van der Waals surface area contributed by atoms with Gasteiger partial charge in [0.15, 0.2) is 0 Å². The standard InChI is InChI=1S/C15H13BrCl2O2/c1-20-14-6-5-9(7-11(14)16)8-13(19)10-3-2-4-12(17)15(10)18/h2-7,13,19H,8H2,1H3. The third-order valence-electron chi connectivity index (χ3n) is 2.99. The first-order valence-corrected chi connectivity index (χ1v) is 7.52. The minimum Gasteiger partial charge on any atom is -0.496 e. The highest BCUT2D eigenvalue weighted by atomic mass is 79.9. The molecule has 0 radical (unpaired) electrons. The van der Waals surface area contributed by atoms with E-state index in [1.807, 2.05) is 18.2 Å². The van der Waals surface area contributed by atoms with Gasteiger partial charge in [-0.1, -0.05) is 41.4 Å². The lowest BCUT2D eigenvalue weighted by molar-refractivity contribution is 0.178. The van der Waals surface area contributed by atoms with Crippen LogP contribution in [-0.2, 0) is 6.42 Å². The summed E-state index contributed by atoms with van der Waals surface area (Å²) in [6.45, 7) is 0. The summed E-state index contributed by atoms with van der Waals surface area (Å²) in [5.41, 5.74) is 1.60. The van der Waals surface area contributed by atoms with Gasteiger partial charge in [-0.2, -0.15) is 0 Å². The van der Waals surface area contributed by atoms with E-state index in [-0.39, 0.29) is 0 Å². The van der Waals surface area contributed by atoms with Crippen LogP contribution in [0, 0.1) is 0 Å². The molecule has 0 heterocycles. The van der Waals surface area contributed by atoms with E-state index >= 15 is 0 Å². The first kappa shape index (κ1) is 15.6. The molecule has 1 N–H and O–H groups in total. The average Bonchev–Trinajstić information content (AvgIpc) is 2.42. The molecule has 2 aromatic carbocycles. The van der Waals surface area contributed by atoms with E-state index in [9.17, 15) is 5.11 Å². The normalized spacial score (nSPS) is 12.2. The fourth-order valence-corrected chi connectivity index (χ4v) is 2.97. The molecule has 0 aromatic heterocycles. The molecule has 2 nitrogen and oxygen atoms in total. The van der Waals surface area contributed by atoms with Crippen LogP contribution in [0.15, 0.2) is 40.9 Å². The highest BCUT2D eigenvalue weighted by Gasteiger charge is 2.15. The van der Waals surface area contributed by atoms with Crippen LogP contribution in [0.5, 0.6) is 5.75 Å². The second-order valence-electron chi connectivity index (χ2n) is 4.33. The molecule has 20 heavy (non-hydrogen) atoms. The highest BCUT2D eigenvalue weighted by Crippen LogP contribution is 2.32. The van der Waals surface area contributed by atoms with Crippen molar-refractivity contribution in [1.82, 2.24) is 0 Å². The van der Waals surface area contributed by atoms with Gasteiger partial charge in [0.25, 0.3) is 0 Å². The number of aliphatic hydroxyl groups is 1. The van der Waals surface area contributed by atoms with Crippen LogP contribution in [0.1, 0.15) is 17.2 Å². The van der Waals surface area contributed by atoms with Crippen molar-refractivity contribution in [2.75, 3.05) is 7.11 Å². The number of hydrogen-bond donors (Lipinski definition) is 1. The molecule has 2 aromatic rings. The predicted octanol–water partition coefficient (Wildman–Crippen LogP) is 5.04. The van der Waals surface area contributed by atoms with Crippen molar-refractivity contribution in [2.45, 2.75) is 12.5 Å². The Balaban J connectivity index is 2.21. The molecule has 1 unspecified atom stereocenters. The van der Waals surface area contributed by atoms with Crippen molar-refractivity contribution in [3.63, 3.8) is 0 Å². The number of hydrogen-bond acceptors (Lipinski definition) is 2. The number of aliphatic hydroxyl groups excluding tert-OH is 1. The number of benzene rings is 2. The van der Waals surface area contributed by atoms with Crippen molar-refractivity contribution in [2.24, 2.45) is 0 Å². The summed E-state index contributed by atoms with van der Waals surface area (Å²) < 4.78 is 6.03. The molecule has 0 saturated carbocycles. The van der Waals surface area contributed by atoms with E-state index < -0.39 is 6.10 Å². The van der Waals surface area contributed by atoms with Gasteiger partial charge in [0, 0.05) is 12.0 Å². The molecular formula is C15H13BrCl2O2. The van der Waals surface area contributed by atoms with Crippen LogP contribution in [-0.4, -0.2) is 12.2 Å². The molecule has 0 aliphatic carbocycles. The van der Waals surface area contributed by atoms with Crippen molar-refractivity contribution in [3.8, 4) is 5.75 Å². The van der Waals surface area contributed by atoms with E-state index in [2.05, 4.69) is 15.9 Å². The third kappa shape index (κ3) is 3.47. The molecule has 0 bridgehead atoms. The Bertz CT molecular complexity index is 617. The summed E-state index contributed by atoms with van der Waals surface area (Å²) in [7, 11) is 1.61. The van der Waals surface area contributed by atoms with E-state index in [0.29, 0.717) is 22.0 Å². The van der Waals surface area contributed by atoms with Crippen LogP contribution in [0.25, 0.3) is 0 Å². The van der Waals surface area contributed by atoms with Crippen molar-refractivity contribution >= 4 is 39.1 Å². The lowest BCUT2D eigenvalue weighted by Gasteiger charge is -2.14. The minimum absolute atomic E-state index is 0.397. The second-order valence-corrected chi connectivity index (χ2v) is 5.97. The van der Waals surface area contributed by atoms with Gasteiger partial charge in [-0.3, -0.25) is 0 Å². The summed E-state index contributed by atoms with van der Waals surface area (Å²) in [6, 6.07) is 10.9. The summed E-state index contributed by atoms with van der Waals surface area (Å²) >= 11 is 15.5. The zero-order valence-electron chi connectivity index (χ0n) is 10.7. The Morgan fingerprint density at radius 2 is 2.00 bits per heavy atom. The number of methoxy groups -OCH3 is 1. The minimum atomic E-state index is -0.707. The van der Waals surface area contributed by atoms with Crippen LogP contribution >= 0.6 is 39.1 Å². The second kappa shape index (κ2) is 6.81. The van der Waals surface area contributed by atoms with E-state index in [4.69, 9.17) is 27.9 Å². The topological polar surface area (TPSA) is 29.5 Å². The largest absolute Gasteiger partial charge is 0.496 e. The van der Waals surface area contributed by atoms with Gasteiger partial charge < -0.3 is 9.84 Å². The molecule has 0 saturated heterocycles. The lowest BCUT2D eigenvalue weighted by Crippen LogP contribution is -2.03. The van der Waals surface area contributed by atoms with Crippen molar-refractivity contribution in [1.29, 1.82) is 0 Å². The maximum Gasteiger partial charge on any atom is 0.133 e. The Hall–Kier alpha value is -0.740. The fraction of sp³-hybridized carbons (Fsp3) is 0.200. The molecule has 5 heteroatoms. The molecule has 106 valence electrons. The van der Waals surface area contributed by atoms with Gasteiger partial charge in [0.2, 0.25) is 0 Å². The zero-order valence-corrected chi connectivity index (χ0v) is 13.8. The molecule has 0 aliphatic heterocycles. The summed E-state index contributed by atoms with van der Waals surface area (Å²) in [5, 5.41) is 11.1. The van der Waals surface area contributed by atoms with Crippen molar-refractivity contribution in [3.05, 3.63) is 62.0 Å². The highest BCUT2D eigenvalue weighted by molar-refractivity contribution is 9.10. The summed E-state index contributed by atoms with van der Waals surface area (Å²) in [6.07, 6.45) is -0.260. The summed E-state index contributed by atoms with van der Waals surface area (Å²) in [4.78, 5) is 0. The van der Waals surface area contributed by atoms with E-state index in [1.165, 1.54) is 0 Å². The molecular weight excluding hydrogens is 363 g/mol. The maximum atomic E-state index is 10.3. The SMILES string of the molecule is COc1ccc(CC(O)c2cccc(Cl)c2Cl)cc1Br. The third-order valence-corrected chi connectivity index (χ3v) is 4.44. The lowest BCUT2D eigenvalue weighted by atomic mass is 10.0. The van der Waals surface area contributed by atoms with Crippen molar-refractivity contribution < 1.29 is 9.84 Å². The zero-order chi connectivity index (χ0) is 14.7. The molecule has 1 atom stereocenters. The molecule has 0 aliphatic rings. The van der Waals surface area contributed by atoms with E-state index in [0.717, 1.165) is 15.8 Å². The van der Waals surface area contributed by atoms with Gasteiger partial charge in [-0.15, -0.1) is 0 Å². The van der Waals surface area contributed by atoms with Gasteiger partial charge >= 0.3 is 0 Å². The Morgan fingerprint density at radius 3 is 2.65 bits per heavy atom. The number of ether oxygens (including phenoxy) is 1. The molecule has 0 amide bonds.